The second-order valence-electron chi connectivity index (χ2n) is 6.01. The number of rotatable bonds is 8. The third-order valence-electron chi connectivity index (χ3n) is 3.82. The summed E-state index contributed by atoms with van der Waals surface area (Å²) in [6, 6.07) is 6.65. The Morgan fingerprint density at radius 1 is 1.22 bits per heavy atom. The first kappa shape index (κ1) is 18.7. The summed E-state index contributed by atoms with van der Waals surface area (Å²) in [5.74, 6) is -1.17. The number of hydrogen-bond acceptors (Lipinski definition) is 5. The van der Waals surface area contributed by atoms with Gasteiger partial charge < -0.3 is 19.1 Å². The van der Waals surface area contributed by atoms with E-state index in [1.54, 1.807) is 12.1 Å². The second-order valence-corrected chi connectivity index (χ2v) is 6.01. The maximum Gasteiger partial charge on any atom is 0.283 e. The van der Waals surface area contributed by atoms with Crippen LogP contribution in [0.5, 0.6) is 0 Å². The summed E-state index contributed by atoms with van der Waals surface area (Å²) in [7, 11) is 0. The Bertz CT molecular complexity index is 896. The zero-order valence-electron chi connectivity index (χ0n) is 14.7. The van der Waals surface area contributed by atoms with Crippen LogP contribution in [0.3, 0.4) is 0 Å². The SMILES string of the molecule is CCC[NH+](CC(=O)Nc1ccc(F)c(F)c1)Cc1nnc(-c2ccco2)o1. The number of nitrogens with one attached hydrogen (secondary N) is 2. The van der Waals surface area contributed by atoms with E-state index in [1.807, 2.05) is 6.92 Å². The summed E-state index contributed by atoms with van der Waals surface area (Å²) < 4.78 is 37.0. The topological polar surface area (TPSA) is 85.6 Å². The Labute approximate surface area is 154 Å². The van der Waals surface area contributed by atoms with Gasteiger partial charge in [0, 0.05) is 11.8 Å². The van der Waals surface area contributed by atoms with Gasteiger partial charge in [-0.25, -0.2) is 8.78 Å². The molecular formula is C18H19F2N4O3+. The van der Waals surface area contributed by atoms with Gasteiger partial charge in [0.1, 0.15) is 0 Å². The third-order valence-corrected chi connectivity index (χ3v) is 3.82. The molecule has 1 aromatic carbocycles. The summed E-state index contributed by atoms with van der Waals surface area (Å²) >= 11 is 0. The first-order chi connectivity index (χ1) is 13.0. The highest BCUT2D eigenvalue weighted by Gasteiger charge is 2.19. The largest absolute Gasteiger partial charge is 0.459 e. The summed E-state index contributed by atoms with van der Waals surface area (Å²) in [4.78, 5) is 13.1. The van der Waals surface area contributed by atoms with E-state index >= 15 is 0 Å². The number of quaternary nitrogens is 1. The molecule has 0 aliphatic heterocycles. The van der Waals surface area contributed by atoms with Gasteiger partial charge in [-0.15, -0.1) is 10.2 Å². The molecule has 1 unspecified atom stereocenters. The molecule has 3 aromatic rings. The molecule has 2 N–H and O–H groups in total. The average molecular weight is 377 g/mol. The zero-order valence-corrected chi connectivity index (χ0v) is 14.7. The van der Waals surface area contributed by atoms with E-state index in [4.69, 9.17) is 8.83 Å². The average Bonchev–Trinajstić information content (AvgIpc) is 3.29. The molecule has 142 valence electrons. The Balaban J connectivity index is 1.61. The molecule has 7 nitrogen and oxygen atoms in total. The molecule has 0 bridgehead atoms. The second kappa shape index (κ2) is 8.54. The van der Waals surface area contributed by atoms with E-state index in [9.17, 15) is 13.6 Å². The van der Waals surface area contributed by atoms with Gasteiger partial charge in [0.05, 0.1) is 12.8 Å². The molecule has 1 amide bonds. The Hall–Kier alpha value is -3.07. The van der Waals surface area contributed by atoms with Gasteiger partial charge in [0.15, 0.2) is 30.5 Å². The Kier molecular flexibility index (Phi) is 5.92. The number of nitrogens with zero attached hydrogens (tertiary/aromatic N) is 2. The van der Waals surface area contributed by atoms with Gasteiger partial charge >= 0.3 is 0 Å². The van der Waals surface area contributed by atoms with E-state index in [2.05, 4.69) is 15.5 Å². The predicted octanol–water partition coefficient (Wildman–Crippen LogP) is 2.04. The van der Waals surface area contributed by atoms with E-state index in [1.165, 1.54) is 12.3 Å². The highest BCUT2D eigenvalue weighted by atomic mass is 19.2. The molecule has 0 aliphatic carbocycles. The minimum atomic E-state index is -1.01. The highest BCUT2D eigenvalue weighted by molar-refractivity contribution is 5.91. The first-order valence-electron chi connectivity index (χ1n) is 8.50. The third kappa shape index (κ3) is 4.98. The standard InChI is InChI=1S/C18H18F2N4O3/c1-2-7-24(10-16(25)21-12-5-6-13(19)14(20)9-12)11-17-22-23-18(27-17)15-4-3-8-26-15/h3-6,8-9H,2,7,10-11H2,1H3,(H,21,25)/p+1. The molecular weight excluding hydrogens is 358 g/mol. The van der Waals surface area contributed by atoms with Gasteiger partial charge in [0.2, 0.25) is 0 Å². The van der Waals surface area contributed by atoms with Crippen LogP contribution in [0.15, 0.2) is 45.4 Å². The van der Waals surface area contributed by atoms with E-state index in [0.717, 1.165) is 23.5 Å². The van der Waals surface area contributed by atoms with Crippen LogP contribution in [0.25, 0.3) is 11.7 Å². The fourth-order valence-electron chi connectivity index (χ4n) is 2.64. The molecule has 0 spiro atoms. The van der Waals surface area contributed by atoms with Crippen LogP contribution in [0.4, 0.5) is 14.5 Å². The van der Waals surface area contributed by atoms with Crippen molar-refractivity contribution in [2.24, 2.45) is 0 Å². The van der Waals surface area contributed by atoms with Crippen molar-refractivity contribution in [3.8, 4) is 11.7 Å². The number of benzene rings is 1. The summed E-state index contributed by atoms with van der Waals surface area (Å²) in [5.41, 5.74) is 0.202. The fraction of sp³-hybridized carbons (Fsp3) is 0.278. The molecule has 2 aromatic heterocycles. The highest BCUT2D eigenvalue weighted by Crippen LogP contribution is 2.17. The number of furan rings is 1. The van der Waals surface area contributed by atoms with Crippen LogP contribution in [0.1, 0.15) is 19.2 Å². The van der Waals surface area contributed by atoms with Gasteiger partial charge in [-0.2, -0.15) is 0 Å². The minimum absolute atomic E-state index is 0.116. The summed E-state index contributed by atoms with van der Waals surface area (Å²) in [6.45, 7) is 3.16. The van der Waals surface area contributed by atoms with Crippen molar-refractivity contribution in [1.82, 2.24) is 10.2 Å². The van der Waals surface area contributed by atoms with Crippen molar-refractivity contribution >= 4 is 11.6 Å². The number of carbonyl (C=O) groups is 1. The molecule has 27 heavy (non-hydrogen) atoms. The van der Waals surface area contributed by atoms with Gasteiger partial charge in [-0.3, -0.25) is 4.79 Å². The Morgan fingerprint density at radius 2 is 2.07 bits per heavy atom. The monoisotopic (exact) mass is 377 g/mol. The lowest BCUT2D eigenvalue weighted by Crippen LogP contribution is -3.11. The Morgan fingerprint density at radius 3 is 2.78 bits per heavy atom. The van der Waals surface area contributed by atoms with E-state index < -0.39 is 11.6 Å². The van der Waals surface area contributed by atoms with E-state index in [-0.39, 0.29) is 24.0 Å². The molecule has 0 fully saturated rings. The van der Waals surface area contributed by atoms with Crippen LogP contribution in [-0.2, 0) is 11.3 Å². The predicted molar refractivity (Wildman–Crippen MR) is 91.7 cm³/mol. The lowest BCUT2D eigenvalue weighted by Gasteiger charge is -2.16. The van der Waals surface area contributed by atoms with Crippen LogP contribution in [0, 0.1) is 11.6 Å². The van der Waals surface area contributed by atoms with Crippen molar-refractivity contribution in [3.05, 3.63) is 54.1 Å². The first-order valence-corrected chi connectivity index (χ1v) is 8.50. The number of halogens is 2. The van der Waals surface area contributed by atoms with Crippen LogP contribution in [0.2, 0.25) is 0 Å². The smallest absolute Gasteiger partial charge is 0.283 e. The molecule has 0 radical (unpaired) electrons. The molecule has 9 heteroatoms. The molecule has 3 rings (SSSR count). The fourth-order valence-corrected chi connectivity index (χ4v) is 2.64. The quantitative estimate of drug-likeness (QED) is 0.628. The number of hydrogen-bond donors (Lipinski definition) is 2. The van der Waals surface area contributed by atoms with E-state index in [0.29, 0.717) is 24.7 Å². The van der Waals surface area contributed by atoms with Crippen LogP contribution in [-0.4, -0.2) is 29.2 Å². The van der Waals surface area contributed by atoms with Crippen LogP contribution < -0.4 is 10.2 Å². The number of aromatic nitrogens is 2. The molecule has 0 aliphatic rings. The number of anilines is 1. The number of carbonyl (C=O) groups excluding carboxylic acids is 1. The van der Waals surface area contributed by atoms with Crippen molar-refractivity contribution in [2.75, 3.05) is 18.4 Å². The molecule has 1 atom stereocenters. The summed E-state index contributed by atoms with van der Waals surface area (Å²) in [5, 5.41) is 10.5. The lowest BCUT2D eigenvalue weighted by molar-refractivity contribution is -0.907. The zero-order chi connectivity index (χ0) is 19.2. The van der Waals surface area contributed by atoms with Crippen LogP contribution >= 0.6 is 0 Å². The lowest BCUT2D eigenvalue weighted by atomic mass is 10.3. The van der Waals surface area contributed by atoms with Crippen molar-refractivity contribution in [3.63, 3.8) is 0 Å². The van der Waals surface area contributed by atoms with Crippen molar-refractivity contribution in [2.45, 2.75) is 19.9 Å². The van der Waals surface area contributed by atoms with Gasteiger partial charge in [-0.05, 0) is 30.7 Å². The maximum atomic E-state index is 13.3. The number of amides is 1. The molecule has 2 heterocycles. The van der Waals surface area contributed by atoms with Crippen molar-refractivity contribution in [1.29, 1.82) is 0 Å². The molecule has 0 saturated carbocycles. The van der Waals surface area contributed by atoms with Gasteiger partial charge in [0.25, 0.3) is 17.7 Å². The van der Waals surface area contributed by atoms with Gasteiger partial charge in [-0.1, -0.05) is 6.92 Å². The maximum absolute atomic E-state index is 13.3. The van der Waals surface area contributed by atoms with Crippen molar-refractivity contribution < 1.29 is 27.3 Å². The molecule has 0 saturated heterocycles. The minimum Gasteiger partial charge on any atom is -0.459 e. The summed E-state index contributed by atoms with van der Waals surface area (Å²) in [6.07, 6.45) is 2.35. The normalized spacial score (nSPS) is 12.1.